The Hall–Kier alpha value is -2.30. The van der Waals surface area contributed by atoms with Gasteiger partial charge in [-0.2, -0.15) is 0 Å². The second kappa shape index (κ2) is 9.95. The number of aromatic nitrogens is 3. The van der Waals surface area contributed by atoms with Gasteiger partial charge in [-0.3, -0.25) is 19.9 Å². The quantitative estimate of drug-likeness (QED) is 0.293. The van der Waals surface area contributed by atoms with Crippen molar-refractivity contribution in [1.29, 1.82) is 0 Å². The number of anilines is 1. The molecule has 0 fully saturated rings. The van der Waals surface area contributed by atoms with Crippen LogP contribution in [0.4, 0.5) is 5.13 Å². The molecule has 0 aliphatic rings. The predicted octanol–water partition coefficient (Wildman–Crippen LogP) is 4.58. The molecule has 0 atom stereocenters. The Morgan fingerprint density at radius 3 is 2.79 bits per heavy atom. The van der Waals surface area contributed by atoms with Gasteiger partial charge in [0.05, 0.1) is 29.3 Å². The number of carbonyl (C=O) groups excluding carboxylic acids is 2. The number of halogens is 1. The van der Waals surface area contributed by atoms with E-state index in [2.05, 4.69) is 36.4 Å². The van der Waals surface area contributed by atoms with Crippen molar-refractivity contribution in [2.45, 2.75) is 18.2 Å². The monoisotopic (exact) mass is 492 g/mol. The van der Waals surface area contributed by atoms with Gasteiger partial charge in [0, 0.05) is 10.0 Å². The summed E-state index contributed by atoms with van der Waals surface area (Å²) in [7, 11) is 0. The summed E-state index contributed by atoms with van der Waals surface area (Å²) >= 11 is 5.87. The highest BCUT2D eigenvalue weighted by Crippen LogP contribution is 2.27. The van der Waals surface area contributed by atoms with E-state index in [1.54, 1.807) is 19.9 Å². The molecule has 7 nitrogen and oxygen atoms in total. The molecule has 0 aliphatic heterocycles. The van der Waals surface area contributed by atoms with Crippen molar-refractivity contribution in [3.8, 4) is 11.3 Å². The van der Waals surface area contributed by atoms with E-state index in [1.165, 1.54) is 23.1 Å². The second-order valence-corrected chi connectivity index (χ2v) is 8.88. The van der Waals surface area contributed by atoms with Crippen molar-refractivity contribution >= 4 is 56.0 Å². The van der Waals surface area contributed by atoms with Crippen LogP contribution in [0.1, 0.15) is 23.0 Å². The minimum absolute atomic E-state index is 0.149. The number of thioether (sulfide) groups is 1. The Balaban J connectivity index is 1.66. The highest BCUT2D eigenvalue weighted by atomic mass is 79.9. The smallest absolute Gasteiger partial charge is 0.316 e. The van der Waals surface area contributed by atoms with E-state index >= 15 is 0 Å². The fourth-order valence-electron chi connectivity index (χ4n) is 2.42. The minimum Gasteiger partial charge on any atom is -0.465 e. The molecule has 2 heterocycles. The molecular weight excluding hydrogens is 476 g/mol. The number of aryl methyl sites for hydroxylation is 1. The van der Waals surface area contributed by atoms with Crippen LogP contribution in [-0.4, -0.2) is 39.4 Å². The molecule has 0 saturated heterocycles. The first-order valence-corrected chi connectivity index (χ1v) is 11.2. The molecule has 3 aromatic rings. The first kappa shape index (κ1) is 21.4. The van der Waals surface area contributed by atoms with Crippen LogP contribution in [0.2, 0.25) is 0 Å². The van der Waals surface area contributed by atoms with Gasteiger partial charge in [0.25, 0.3) is 5.91 Å². The Bertz CT molecular complexity index is 1040. The van der Waals surface area contributed by atoms with Crippen molar-refractivity contribution in [1.82, 2.24) is 15.2 Å². The fourth-order valence-corrected chi connectivity index (χ4v) is 4.36. The normalized spacial score (nSPS) is 10.6. The molecule has 2 aromatic heterocycles. The fraction of sp³-hybridized carbons (Fsp3) is 0.211. The molecule has 0 bridgehead atoms. The zero-order valence-corrected chi connectivity index (χ0v) is 18.9. The molecule has 1 N–H and O–H groups in total. The number of hydrogen-bond acceptors (Lipinski definition) is 8. The number of ether oxygens (including phenoxy) is 1. The van der Waals surface area contributed by atoms with Crippen LogP contribution in [0.5, 0.6) is 0 Å². The third-order valence-corrected chi connectivity index (χ3v) is 6.14. The van der Waals surface area contributed by atoms with Crippen molar-refractivity contribution in [3.05, 3.63) is 52.1 Å². The standard InChI is InChI=1S/C19H17BrN4O3S2/c1-3-27-16(25)10-28-19-24-23-18(29-19)22-17(26)14-7-8-15(21-11(14)2)12-5-4-6-13(20)9-12/h4-9H,3,10H2,1-2H3,(H,22,23,26). The second-order valence-electron chi connectivity index (χ2n) is 5.76. The van der Waals surface area contributed by atoms with Crippen molar-refractivity contribution in [2.24, 2.45) is 0 Å². The van der Waals surface area contributed by atoms with Crippen molar-refractivity contribution in [3.63, 3.8) is 0 Å². The van der Waals surface area contributed by atoms with Gasteiger partial charge in [-0.1, -0.05) is 51.2 Å². The molecule has 3 rings (SSSR count). The van der Waals surface area contributed by atoms with Crippen LogP contribution in [0.3, 0.4) is 0 Å². The summed E-state index contributed by atoms with van der Waals surface area (Å²) in [6.07, 6.45) is 0. The Morgan fingerprint density at radius 2 is 2.07 bits per heavy atom. The Morgan fingerprint density at radius 1 is 1.24 bits per heavy atom. The maximum Gasteiger partial charge on any atom is 0.316 e. The van der Waals surface area contributed by atoms with Gasteiger partial charge in [0.2, 0.25) is 5.13 Å². The highest BCUT2D eigenvalue weighted by Gasteiger charge is 2.15. The summed E-state index contributed by atoms with van der Waals surface area (Å²) in [6, 6.07) is 11.4. The van der Waals surface area contributed by atoms with Gasteiger partial charge in [-0.05, 0) is 38.1 Å². The van der Waals surface area contributed by atoms with Gasteiger partial charge < -0.3 is 4.74 Å². The molecule has 10 heteroatoms. The van der Waals surface area contributed by atoms with Crippen LogP contribution in [-0.2, 0) is 9.53 Å². The molecule has 0 unspecified atom stereocenters. The molecule has 0 aliphatic carbocycles. The van der Waals surface area contributed by atoms with Crippen molar-refractivity contribution < 1.29 is 14.3 Å². The largest absolute Gasteiger partial charge is 0.465 e. The first-order valence-electron chi connectivity index (χ1n) is 8.63. The van der Waals surface area contributed by atoms with E-state index in [9.17, 15) is 9.59 Å². The van der Waals surface area contributed by atoms with E-state index in [4.69, 9.17) is 4.74 Å². The number of benzene rings is 1. The number of esters is 1. The third kappa shape index (κ3) is 5.84. The lowest BCUT2D eigenvalue weighted by Crippen LogP contribution is -2.14. The van der Waals surface area contributed by atoms with Gasteiger partial charge in [-0.25, -0.2) is 0 Å². The topological polar surface area (TPSA) is 94.1 Å². The highest BCUT2D eigenvalue weighted by molar-refractivity contribution is 9.10. The molecule has 0 spiro atoms. The summed E-state index contributed by atoms with van der Waals surface area (Å²) in [5.74, 6) is -0.476. The minimum atomic E-state index is -0.314. The number of pyridine rings is 1. The van der Waals surface area contributed by atoms with Gasteiger partial charge in [0.1, 0.15) is 0 Å². The van der Waals surface area contributed by atoms with Crippen LogP contribution < -0.4 is 5.32 Å². The van der Waals surface area contributed by atoms with Gasteiger partial charge in [0.15, 0.2) is 4.34 Å². The van der Waals surface area contributed by atoms with E-state index in [0.29, 0.717) is 27.3 Å². The van der Waals surface area contributed by atoms with E-state index in [0.717, 1.165) is 15.7 Å². The SMILES string of the molecule is CCOC(=O)CSc1nnc(NC(=O)c2ccc(-c3cccc(Br)c3)nc2C)s1. The van der Waals surface area contributed by atoms with E-state index < -0.39 is 0 Å². The van der Waals surface area contributed by atoms with E-state index in [-0.39, 0.29) is 17.6 Å². The number of carbonyl (C=O) groups is 2. The maximum atomic E-state index is 12.6. The molecule has 1 amide bonds. The number of rotatable bonds is 7. The molecule has 0 saturated carbocycles. The summed E-state index contributed by atoms with van der Waals surface area (Å²) in [5.41, 5.74) is 2.82. The van der Waals surface area contributed by atoms with Gasteiger partial charge in [-0.15, -0.1) is 10.2 Å². The summed E-state index contributed by atoms with van der Waals surface area (Å²) in [5, 5.41) is 11.0. The average Bonchev–Trinajstić information content (AvgIpc) is 3.13. The van der Waals surface area contributed by atoms with Crippen LogP contribution in [0.25, 0.3) is 11.3 Å². The average molecular weight is 493 g/mol. The van der Waals surface area contributed by atoms with Crippen LogP contribution >= 0.6 is 39.0 Å². The zero-order valence-electron chi connectivity index (χ0n) is 15.6. The lowest BCUT2D eigenvalue weighted by Gasteiger charge is -2.08. The Labute approximate surface area is 184 Å². The molecular formula is C19H17BrN4O3S2. The third-order valence-electron chi connectivity index (χ3n) is 3.70. The Kier molecular flexibility index (Phi) is 7.34. The maximum absolute atomic E-state index is 12.6. The predicted molar refractivity (Wildman–Crippen MR) is 117 cm³/mol. The molecule has 150 valence electrons. The lowest BCUT2D eigenvalue weighted by atomic mass is 10.1. The molecule has 1 aromatic carbocycles. The van der Waals surface area contributed by atoms with Crippen LogP contribution in [0, 0.1) is 6.92 Å². The number of hydrogen-bond donors (Lipinski definition) is 1. The summed E-state index contributed by atoms with van der Waals surface area (Å²) in [6.45, 7) is 3.88. The number of nitrogens with zero attached hydrogens (tertiary/aromatic N) is 3. The van der Waals surface area contributed by atoms with Crippen molar-refractivity contribution in [2.75, 3.05) is 17.7 Å². The summed E-state index contributed by atoms with van der Waals surface area (Å²) in [4.78, 5) is 28.6. The molecule has 29 heavy (non-hydrogen) atoms. The summed E-state index contributed by atoms with van der Waals surface area (Å²) < 4.78 is 6.41. The number of nitrogens with one attached hydrogen (secondary N) is 1. The van der Waals surface area contributed by atoms with Crippen LogP contribution in [0.15, 0.2) is 45.2 Å². The van der Waals surface area contributed by atoms with Gasteiger partial charge >= 0.3 is 5.97 Å². The first-order chi connectivity index (χ1) is 14.0. The molecule has 0 radical (unpaired) electrons. The number of amides is 1. The zero-order chi connectivity index (χ0) is 20.8. The lowest BCUT2D eigenvalue weighted by molar-refractivity contribution is -0.139. The van der Waals surface area contributed by atoms with E-state index in [1.807, 2.05) is 30.3 Å².